The van der Waals surface area contributed by atoms with Gasteiger partial charge < -0.3 is 9.80 Å². The van der Waals surface area contributed by atoms with Crippen molar-refractivity contribution in [3.05, 3.63) is 22.1 Å². The predicted molar refractivity (Wildman–Crippen MR) is 68.6 cm³/mol. The normalized spacial score (nSPS) is 17.4. The maximum Gasteiger partial charge on any atom is 0.252 e. The molecule has 5 nitrogen and oxygen atoms in total. The Balaban J connectivity index is 2.17. The standard InChI is InChI=1S/C12H20N4O/c1-3-4-10-9-11(17)14-12(13-10)16-7-5-15(2)6-8-16/h9H,3-8H2,1-2H3,(H,13,14,17). The number of nitrogens with one attached hydrogen (secondary N) is 1. The molecular formula is C12H20N4O. The Morgan fingerprint density at radius 3 is 2.71 bits per heavy atom. The average molecular weight is 236 g/mol. The molecule has 0 unspecified atom stereocenters. The molecule has 94 valence electrons. The van der Waals surface area contributed by atoms with Crippen molar-refractivity contribution in [2.45, 2.75) is 19.8 Å². The number of nitrogens with zero attached hydrogens (tertiary/aromatic N) is 3. The zero-order valence-electron chi connectivity index (χ0n) is 10.6. The third kappa shape index (κ3) is 3.06. The van der Waals surface area contributed by atoms with E-state index in [4.69, 9.17) is 0 Å². The summed E-state index contributed by atoms with van der Waals surface area (Å²) < 4.78 is 0. The lowest BCUT2D eigenvalue weighted by atomic mass is 10.2. The van der Waals surface area contributed by atoms with Crippen LogP contribution in [0.25, 0.3) is 0 Å². The number of hydrogen-bond donors (Lipinski definition) is 1. The van der Waals surface area contributed by atoms with E-state index >= 15 is 0 Å². The summed E-state index contributed by atoms with van der Waals surface area (Å²) in [6.45, 7) is 5.98. The molecule has 1 aromatic rings. The number of hydrogen-bond acceptors (Lipinski definition) is 4. The molecule has 0 saturated carbocycles. The van der Waals surface area contributed by atoms with Crippen LogP contribution in [0.1, 0.15) is 19.0 Å². The van der Waals surface area contributed by atoms with E-state index in [0.29, 0.717) is 0 Å². The second-order valence-corrected chi connectivity index (χ2v) is 4.60. The SMILES string of the molecule is CCCc1cc(=O)[nH]c(N2CCN(C)CC2)n1. The van der Waals surface area contributed by atoms with Crippen molar-refractivity contribution in [1.29, 1.82) is 0 Å². The number of aromatic amines is 1. The molecule has 1 aliphatic heterocycles. The van der Waals surface area contributed by atoms with Crippen molar-refractivity contribution in [2.75, 3.05) is 38.1 Å². The molecule has 1 N–H and O–H groups in total. The quantitative estimate of drug-likeness (QED) is 0.829. The molecule has 0 radical (unpaired) electrons. The Kier molecular flexibility index (Phi) is 3.78. The van der Waals surface area contributed by atoms with Crippen LogP contribution in [0.3, 0.4) is 0 Å². The Hall–Kier alpha value is -1.36. The molecule has 0 spiro atoms. The van der Waals surface area contributed by atoms with Crippen LogP contribution in [0.2, 0.25) is 0 Å². The lowest BCUT2D eigenvalue weighted by molar-refractivity contribution is 0.311. The molecule has 0 bridgehead atoms. The fourth-order valence-corrected chi connectivity index (χ4v) is 2.05. The highest BCUT2D eigenvalue weighted by atomic mass is 16.1. The van der Waals surface area contributed by atoms with Gasteiger partial charge in [-0.1, -0.05) is 13.3 Å². The van der Waals surface area contributed by atoms with Gasteiger partial charge in [0.15, 0.2) is 0 Å². The largest absolute Gasteiger partial charge is 0.340 e. The summed E-state index contributed by atoms with van der Waals surface area (Å²) in [5.74, 6) is 0.731. The second kappa shape index (κ2) is 5.31. The highest BCUT2D eigenvalue weighted by molar-refractivity contribution is 5.31. The number of aromatic nitrogens is 2. The van der Waals surface area contributed by atoms with Gasteiger partial charge in [-0.15, -0.1) is 0 Å². The van der Waals surface area contributed by atoms with Gasteiger partial charge in [0, 0.05) is 37.9 Å². The second-order valence-electron chi connectivity index (χ2n) is 4.60. The summed E-state index contributed by atoms with van der Waals surface area (Å²) in [5.41, 5.74) is 0.850. The molecule has 5 heteroatoms. The van der Waals surface area contributed by atoms with E-state index in [9.17, 15) is 4.79 Å². The summed E-state index contributed by atoms with van der Waals surface area (Å²) in [6.07, 6.45) is 1.88. The highest BCUT2D eigenvalue weighted by Gasteiger charge is 2.16. The van der Waals surface area contributed by atoms with Crippen molar-refractivity contribution < 1.29 is 0 Å². The van der Waals surface area contributed by atoms with Crippen molar-refractivity contribution in [2.24, 2.45) is 0 Å². The Morgan fingerprint density at radius 2 is 2.06 bits per heavy atom. The lowest BCUT2D eigenvalue weighted by Gasteiger charge is -2.32. The predicted octanol–water partition coefficient (Wildman–Crippen LogP) is 0.474. The van der Waals surface area contributed by atoms with Gasteiger partial charge in [0.2, 0.25) is 5.95 Å². The lowest BCUT2D eigenvalue weighted by Crippen LogP contribution is -2.45. The van der Waals surface area contributed by atoms with Crippen LogP contribution >= 0.6 is 0 Å². The summed E-state index contributed by atoms with van der Waals surface area (Å²) in [5, 5.41) is 0. The maximum atomic E-state index is 11.6. The van der Waals surface area contributed by atoms with Crippen molar-refractivity contribution in [3.63, 3.8) is 0 Å². The van der Waals surface area contributed by atoms with Gasteiger partial charge in [-0.25, -0.2) is 4.98 Å². The molecule has 1 aromatic heterocycles. The number of H-pyrrole nitrogens is 1. The first-order valence-corrected chi connectivity index (χ1v) is 6.23. The number of piperazine rings is 1. The summed E-state index contributed by atoms with van der Waals surface area (Å²) in [6, 6.07) is 1.60. The zero-order chi connectivity index (χ0) is 12.3. The van der Waals surface area contributed by atoms with Crippen molar-refractivity contribution >= 4 is 5.95 Å². The minimum Gasteiger partial charge on any atom is -0.340 e. The Labute approximate surface area is 101 Å². The van der Waals surface area contributed by atoms with Gasteiger partial charge in [-0.2, -0.15) is 0 Å². The third-order valence-corrected chi connectivity index (χ3v) is 3.09. The maximum absolute atomic E-state index is 11.6. The minimum absolute atomic E-state index is 0.0441. The van der Waals surface area contributed by atoms with Crippen LogP contribution in [0.4, 0.5) is 5.95 Å². The van der Waals surface area contributed by atoms with E-state index in [2.05, 4.69) is 33.7 Å². The molecule has 0 aromatic carbocycles. The van der Waals surface area contributed by atoms with Gasteiger partial charge >= 0.3 is 0 Å². The summed E-state index contributed by atoms with van der Waals surface area (Å²) in [7, 11) is 2.11. The molecule has 2 heterocycles. The molecule has 0 atom stereocenters. The van der Waals surface area contributed by atoms with Crippen molar-refractivity contribution in [1.82, 2.24) is 14.9 Å². The molecule has 1 saturated heterocycles. The Bertz CT molecular complexity index is 421. The first kappa shape index (κ1) is 12.1. The van der Waals surface area contributed by atoms with Crippen LogP contribution in [0.5, 0.6) is 0 Å². The highest BCUT2D eigenvalue weighted by Crippen LogP contribution is 2.09. The minimum atomic E-state index is -0.0441. The first-order valence-electron chi connectivity index (χ1n) is 6.23. The summed E-state index contributed by atoms with van der Waals surface area (Å²) >= 11 is 0. The third-order valence-electron chi connectivity index (χ3n) is 3.09. The molecular weight excluding hydrogens is 216 g/mol. The van der Waals surface area contributed by atoms with Crippen molar-refractivity contribution in [3.8, 4) is 0 Å². The van der Waals surface area contributed by atoms with Gasteiger partial charge in [0.25, 0.3) is 5.56 Å². The molecule has 17 heavy (non-hydrogen) atoms. The Morgan fingerprint density at radius 1 is 1.35 bits per heavy atom. The summed E-state index contributed by atoms with van der Waals surface area (Å²) in [4.78, 5) is 23.4. The van der Waals surface area contributed by atoms with Gasteiger partial charge in [0.1, 0.15) is 0 Å². The van der Waals surface area contributed by atoms with Crippen LogP contribution in [-0.4, -0.2) is 48.1 Å². The topological polar surface area (TPSA) is 52.2 Å². The van der Waals surface area contributed by atoms with Crippen LogP contribution in [-0.2, 0) is 6.42 Å². The molecule has 0 aliphatic carbocycles. The number of rotatable bonds is 3. The van der Waals surface area contributed by atoms with E-state index < -0.39 is 0 Å². The average Bonchev–Trinajstić information content (AvgIpc) is 2.29. The van der Waals surface area contributed by atoms with E-state index in [-0.39, 0.29) is 5.56 Å². The number of likely N-dealkylation sites (N-methyl/N-ethyl adjacent to an activating group) is 1. The van der Waals surface area contributed by atoms with E-state index in [1.165, 1.54) is 0 Å². The van der Waals surface area contributed by atoms with Gasteiger partial charge in [-0.3, -0.25) is 9.78 Å². The zero-order valence-corrected chi connectivity index (χ0v) is 10.6. The molecule has 1 aliphatic rings. The number of aryl methyl sites for hydroxylation is 1. The van der Waals surface area contributed by atoms with Crippen LogP contribution in [0, 0.1) is 0 Å². The monoisotopic (exact) mass is 236 g/mol. The van der Waals surface area contributed by atoms with E-state index in [0.717, 1.165) is 50.7 Å². The van der Waals surface area contributed by atoms with E-state index in [1.54, 1.807) is 6.07 Å². The first-order chi connectivity index (χ1) is 8.19. The molecule has 1 fully saturated rings. The van der Waals surface area contributed by atoms with E-state index in [1.807, 2.05) is 0 Å². The number of anilines is 1. The fourth-order valence-electron chi connectivity index (χ4n) is 2.05. The fraction of sp³-hybridized carbons (Fsp3) is 0.667. The smallest absolute Gasteiger partial charge is 0.252 e. The van der Waals surface area contributed by atoms with Gasteiger partial charge in [-0.05, 0) is 13.5 Å². The molecule has 0 amide bonds. The van der Waals surface area contributed by atoms with Gasteiger partial charge in [0.05, 0.1) is 0 Å². The molecule has 2 rings (SSSR count). The van der Waals surface area contributed by atoms with Crippen LogP contribution in [0.15, 0.2) is 10.9 Å². The van der Waals surface area contributed by atoms with Crippen LogP contribution < -0.4 is 10.5 Å².